The molecular formula is C17H31N5O6. The Kier molecular flexibility index (Phi) is 9.83. The number of carbonyl (C=O) groups excluding carboxylic acids is 3. The minimum atomic E-state index is -1.27. The molecule has 0 spiro atoms. The number of likely N-dealkylation sites (tertiary alicyclic amines) is 1. The molecule has 0 radical (unpaired) electrons. The first-order chi connectivity index (χ1) is 13.2. The molecule has 11 nitrogen and oxygen atoms in total. The second-order valence-electron chi connectivity index (χ2n) is 6.91. The van der Waals surface area contributed by atoms with Gasteiger partial charge in [-0.05, 0) is 45.6 Å². The van der Waals surface area contributed by atoms with Gasteiger partial charge in [0.1, 0.15) is 18.1 Å². The van der Waals surface area contributed by atoms with Gasteiger partial charge in [-0.2, -0.15) is 0 Å². The number of hydrogen-bond donors (Lipinski definition) is 6. The molecule has 4 atom stereocenters. The zero-order valence-electron chi connectivity index (χ0n) is 16.1. The number of aliphatic hydroxyl groups is 1. The van der Waals surface area contributed by atoms with Crippen LogP contribution in [0.15, 0.2) is 0 Å². The van der Waals surface area contributed by atoms with E-state index in [1.807, 2.05) is 0 Å². The van der Waals surface area contributed by atoms with E-state index in [-0.39, 0.29) is 6.42 Å². The van der Waals surface area contributed by atoms with Gasteiger partial charge in [-0.25, -0.2) is 4.79 Å². The molecule has 1 aliphatic heterocycles. The molecule has 3 amide bonds. The number of carbonyl (C=O) groups is 4. The predicted molar refractivity (Wildman–Crippen MR) is 99.9 cm³/mol. The number of carboxylic acids is 1. The second kappa shape index (κ2) is 11.6. The highest BCUT2D eigenvalue weighted by Gasteiger charge is 2.38. The minimum absolute atomic E-state index is 0.268. The van der Waals surface area contributed by atoms with Crippen molar-refractivity contribution in [3.05, 3.63) is 0 Å². The highest BCUT2D eigenvalue weighted by atomic mass is 16.4. The van der Waals surface area contributed by atoms with E-state index in [4.69, 9.17) is 11.5 Å². The smallest absolute Gasteiger partial charge is 0.326 e. The van der Waals surface area contributed by atoms with E-state index in [2.05, 4.69) is 10.6 Å². The van der Waals surface area contributed by atoms with E-state index < -0.39 is 54.5 Å². The first kappa shape index (κ1) is 23.8. The summed E-state index contributed by atoms with van der Waals surface area (Å²) in [7, 11) is 0. The largest absolute Gasteiger partial charge is 0.480 e. The summed E-state index contributed by atoms with van der Waals surface area (Å²) >= 11 is 0. The van der Waals surface area contributed by atoms with Gasteiger partial charge in [0.25, 0.3) is 0 Å². The maximum Gasteiger partial charge on any atom is 0.326 e. The summed E-state index contributed by atoms with van der Waals surface area (Å²) in [6.45, 7) is 1.47. The molecule has 0 saturated carbocycles. The number of nitrogens with one attached hydrogen (secondary N) is 2. The standard InChI is InChI=1S/C17H31N5O6/c1-10(19)14(24)21-12(9-23)15(25)20-11(5-2-3-7-18)16(26)22-8-4-6-13(22)17(27)28/h10-13,23H,2-9,18-19H2,1H3,(H,20,25)(H,21,24)(H,27,28). The average molecular weight is 401 g/mol. The molecule has 0 aromatic carbocycles. The minimum Gasteiger partial charge on any atom is -0.480 e. The molecule has 1 fully saturated rings. The molecule has 11 heteroatoms. The third kappa shape index (κ3) is 6.73. The zero-order chi connectivity index (χ0) is 21.3. The van der Waals surface area contributed by atoms with Crippen molar-refractivity contribution in [2.24, 2.45) is 11.5 Å². The Morgan fingerprint density at radius 2 is 1.79 bits per heavy atom. The summed E-state index contributed by atoms with van der Waals surface area (Å²) in [5.74, 6) is -2.94. The monoisotopic (exact) mass is 401 g/mol. The number of aliphatic hydroxyl groups excluding tert-OH is 1. The summed E-state index contributed by atoms with van der Waals surface area (Å²) < 4.78 is 0. The Hall–Kier alpha value is -2.24. The third-order valence-electron chi connectivity index (χ3n) is 4.61. The van der Waals surface area contributed by atoms with E-state index in [1.54, 1.807) is 0 Å². The van der Waals surface area contributed by atoms with E-state index in [9.17, 15) is 29.4 Å². The van der Waals surface area contributed by atoms with Crippen molar-refractivity contribution in [1.82, 2.24) is 15.5 Å². The molecule has 4 unspecified atom stereocenters. The Labute approximate surface area is 163 Å². The Morgan fingerprint density at radius 1 is 1.14 bits per heavy atom. The van der Waals surface area contributed by atoms with Gasteiger partial charge in [0, 0.05) is 6.54 Å². The van der Waals surface area contributed by atoms with Crippen LogP contribution < -0.4 is 22.1 Å². The van der Waals surface area contributed by atoms with Crippen molar-refractivity contribution >= 4 is 23.7 Å². The lowest BCUT2D eigenvalue weighted by molar-refractivity contribution is -0.149. The molecule has 0 bridgehead atoms. The molecule has 0 aromatic heterocycles. The summed E-state index contributed by atoms with van der Waals surface area (Å²) in [5.41, 5.74) is 10.9. The molecule has 1 rings (SSSR count). The topological polar surface area (TPSA) is 188 Å². The van der Waals surface area contributed by atoms with Crippen molar-refractivity contribution < 1.29 is 29.4 Å². The summed E-state index contributed by atoms with van der Waals surface area (Å²) in [5, 5.41) is 23.5. The van der Waals surface area contributed by atoms with Crippen molar-refractivity contribution in [1.29, 1.82) is 0 Å². The van der Waals surface area contributed by atoms with Crippen LogP contribution in [0.25, 0.3) is 0 Å². The number of hydrogen-bond acceptors (Lipinski definition) is 7. The fourth-order valence-corrected chi connectivity index (χ4v) is 3.01. The number of rotatable bonds is 11. The van der Waals surface area contributed by atoms with Crippen LogP contribution in [0.3, 0.4) is 0 Å². The average Bonchev–Trinajstić information content (AvgIpc) is 3.14. The maximum absolute atomic E-state index is 12.9. The van der Waals surface area contributed by atoms with Gasteiger partial charge in [-0.3, -0.25) is 14.4 Å². The number of nitrogens with two attached hydrogens (primary N) is 2. The summed E-state index contributed by atoms with van der Waals surface area (Å²) in [6, 6.07) is -4.03. The fourth-order valence-electron chi connectivity index (χ4n) is 3.01. The highest BCUT2D eigenvalue weighted by Crippen LogP contribution is 2.19. The maximum atomic E-state index is 12.9. The van der Waals surface area contributed by atoms with Gasteiger partial charge < -0.3 is 37.2 Å². The van der Waals surface area contributed by atoms with E-state index >= 15 is 0 Å². The number of nitrogens with zero attached hydrogens (tertiary/aromatic N) is 1. The SMILES string of the molecule is CC(N)C(=O)NC(CO)C(=O)NC(CCCCN)C(=O)N1CCCC1C(=O)O. The molecule has 0 aromatic rings. The van der Waals surface area contributed by atoms with E-state index in [0.29, 0.717) is 38.8 Å². The zero-order valence-corrected chi connectivity index (χ0v) is 16.1. The van der Waals surface area contributed by atoms with Crippen molar-refractivity contribution in [2.75, 3.05) is 19.7 Å². The van der Waals surface area contributed by atoms with Gasteiger partial charge in [0.05, 0.1) is 12.6 Å². The molecule has 160 valence electrons. The van der Waals surface area contributed by atoms with E-state index in [1.165, 1.54) is 11.8 Å². The number of unbranched alkanes of at least 4 members (excludes halogenated alkanes) is 1. The van der Waals surface area contributed by atoms with Gasteiger partial charge in [0.2, 0.25) is 17.7 Å². The van der Waals surface area contributed by atoms with Crippen LogP contribution in [0.4, 0.5) is 0 Å². The summed E-state index contributed by atoms with van der Waals surface area (Å²) in [4.78, 5) is 49.7. The van der Waals surface area contributed by atoms with Crippen LogP contribution in [0.5, 0.6) is 0 Å². The Morgan fingerprint density at radius 3 is 2.32 bits per heavy atom. The number of amides is 3. The molecular weight excluding hydrogens is 370 g/mol. The predicted octanol–water partition coefficient (Wildman–Crippen LogP) is -2.50. The van der Waals surface area contributed by atoms with Gasteiger partial charge in [-0.15, -0.1) is 0 Å². The highest BCUT2D eigenvalue weighted by molar-refractivity contribution is 5.94. The van der Waals surface area contributed by atoms with Gasteiger partial charge in [-0.1, -0.05) is 0 Å². The van der Waals surface area contributed by atoms with Gasteiger partial charge >= 0.3 is 5.97 Å². The first-order valence-corrected chi connectivity index (χ1v) is 9.43. The molecule has 0 aliphatic carbocycles. The van der Waals surface area contributed by atoms with E-state index in [0.717, 1.165) is 0 Å². The second-order valence-corrected chi connectivity index (χ2v) is 6.91. The lowest BCUT2D eigenvalue weighted by Gasteiger charge is -2.28. The number of carboxylic acid groups (broad SMARTS) is 1. The van der Waals surface area contributed by atoms with Gasteiger partial charge in [0.15, 0.2) is 0 Å². The summed E-state index contributed by atoms with van der Waals surface area (Å²) in [6.07, 6.45) is 2.37. The van der Waals surface area contributed by atoms with Crippen LogP contribution in [0.2, 0.25) is 0 Å². The molecule has 1 saturated heterocycles. The van der Waals surface area contributed by atoms with Crippen molar-refractivity contribution in [2.45, 2.75) is 63.2 Å². The van der Waals surface area contributed by atoms with Crippen LogP contribution in [0.1, 0.15) is 39.0 Å². The Bertz CT molecular complexity index is 570. The van der Waals surface area contributed by atoms with Crippen molar-refractivity contribution in [3.63, 3.8) is 0 Å². The quantitative estimate of drug-likeness (QED) is 0.205. The lowest BCUT2D eigenvalue weighted by atomic mass is 10.1. The lowest BCUT2D eigenvalue weighted by Crippen LogP contribution is -2.57. The third-order valence-corrected chi connectivity index (χ3v) is 4.61. The molecule has 28 heavy (non-hydrogen) atoms. The molecule has 1 aliphatic rings. The van der Waals surface area contributed by atoms with Crippen LogP contribution >= 0.6 is 0 Å². The molecule has 8 N–H and O–H groups in total. The van der Waals surface area contributed by atoms with Crippen LogP contribution in [-0.4, -0.2) is 82.7 Å². The van der Waals surface area contributed by atoms with Crippen LogP contribution in [0, 0.1) is 0 Å². The fraction of sp³-hybridized carbons (Fsp3) is 0.765. The first-order valence-electron chi connectivity index (χ1n) is 9.43. The van der Waals surface area contributed by atoms with Crippen molar-refractivity contribution in [3.8, 4) is 0 Å². The normalized spacial score (nSPS) is 19.6. The van der Waals surface area contributed by atoms with Crippen LogP contribution in [-0.2, 0) is 19.2 Å². The Balaban J connectivity index is 2.87. The number of aliphatic carboxylic acids is 1. The molecule has 1 heterocycles.